The van der Waals surface area contributed by atoms with Crippen molar-refractivity contribution in [3.05, 3.63) is 53.6 Å². The van der Waals surface area contributed by atoms with Gasteiger partial charge >= 0.3 is 0 Å². The molecule has 0 radical (unpaired) electrons. The zero-order chi connectivity index (χ0) is 17.5. The lowest BCUT2D eigenvalue weighted by molar-refractivity contribution is 0.0973. The molecule has 0 aliphatic heterocycles. The summed E-state index contributed by atoms with van der Waals surface area (Å²) < 4.78 is 5.58. The fourth-order valence-corrected chi connectivity index (χ4v) is 2.27. The molecule has 0 bridgehead atoms. The Morgan fingerprint density at radius 3 is 2.75 bits per heavy atom. The van der Waals surface area contributed by atoms with Crippen molar-refractivity contribution in [2.24, 2.45) is 0 Å². The Balaban J connectivity index is 2.06. The number of phenolic OH excluding ortho intramolecular Hbond substituents is 1. The van der Waals surface area contributed by atoms with E-state index in [0.29, 0.717) is 23.6 Å². The minimum Gasteiger partial charge on any atom is -0.506 e. The summed E-state index contributed by atoms with van der Waals surface area (Å²) in [5.41, 5.74) is 1.81. The lowest BCUT2D eigenvalue weighted by atomic mass is 10.2. The van der Waals surface area contributed by atoms with Gasteiger partial charge in [0.1, 0.15) is 11.5 Å². The number of hydrogen-bond donors (Lipinski definition) is 3. The number of aryl methyl sites for hydroxylation is 1. The topological polar surface area (TPSA) is 70.6 Å². The van der Waals surface area contributed by atoms with Crippen LogP contribution < -0.4 is 15.4 Å². The van der Waals surface area contributed by atoms with Gasteiger partial charge in [0, 0.05) is 0 Å². The van der Waals surface area contributed by atoms with E-state index in [9.17, 15) is 9.90 Å². The molecule has 126 valence electrons. The van der Waals surface area contributed by atoms with Gasteiger partial charge in [0.25, 0.3) is 5.91 Å². The monoisotopic (exact) mass is 344 g/mol. The number of ether oxygens (including phenoxy) is 1. The van der Waals surface area contributed by atoms with Crippen molar-refractivity contribution in [1.82, 2.24) is 5.32 Å². The molecule has 0 saturated carbocycles. The third-order valence-corrected chi connectivity index (χ3v) is 3.42. The molecular weight excluding hydrogens is 324 g/mol. The Morgan fingerprint density at radius 1 is 1.25 bits per heavy atom. The molecule has 2 aromatic carbocycles. The summed E-state index contributed by atoms with van der Waals surface area (Å²) in [4.78, 5) is 12.4. The van der Waals surface area contributed by atoms with Gasteiger partial charge in [-0.2, -0.15) is 0 Å². The molecule has 0 heterocycles. The van der Waals surface area contributed by atoms with Crippen LogP contribution >= 0.6 is 12.2 Å². The van der Waals surface area contributed by atoms with E-state index < -0.39 is 0 Å². The van der Waals surface area contributed by atoms with Crippen LogP contribution in [-0.2, 0) is 0 Å². The summed E-state index contributed by atoms with van der Waals surface area (Å²) in [6, 6.07) is 12.1. The van der Waals surface area contributed by atoms with Crippen LogP contribution in [0.4, 0.5) is 5.69 Å². The molecule has 0 aliphatic carbocycles. The summed E-state index contributed by atoms with van der Waals surface area (Å²) in [5, 5.41) is 15.3. The quantitative estimate of drug-likeness (QED) is 0.571. The summed E-state index contributed by atoms with van der Waals surface area (Å²) in [6.45, 7) is 4.42. The van der Waals surface area contributed by atoms with E-state index in [2.05, 4.69) is 10.6 Å². The normalized spacial score (nSPS) is 10.1. The van der Waals surface area contributed by atoms with Crippen LogP contribution in [0.3, 0.4) is 0 Å². The predicted octanol–water partition coefficient (Wildman–Crippen LogP) is 3.62. The maximum absolute atomic E-state index is 12.4. The Kier molecular flexibility index (Phi) is 6.14. The van der Waals surface area contributed by atoms with E-state index in [4.69, 9.17) is 17.0 Å². The number of nitrogens with one attached hydrogen (secondary N) is 2. The number of rotatable bonds is 5. The molecule has 1 amide bonds. The highest BCUT2D eigenvalue weighted by Crippen LogP contribution is 2.24. The summed E-state index contributed by atoms with van der Waals surface area (Å²) in [7, 11) is 0. The third-order valence-electron chi connectivity index (χ3n) is 3.22. The van der Waals surface area contributed by atoms with Crippen molar-refractivity contribution in [3.63, 3.8) is 0 Å². The molecule has 2 aromatic rings. The minimum absolute atomic E-state index is 0.0591. The molecule has 6 heteroatoms. The van der Waals surface area contributed by atoms with Crippen LogP contribution in [0.15, 0.2) is 42.5 Å². The van der Waals surface area contributed by atoms with Gasteiger partial charge in [-0.05, 0) is 55.4 Å². The zero-order valence-corrected chi connectivity index (χ0v) is 14.4. The lowest BCUT2D eigenvalue weighted by Gasteiger charge is -2.13. The van der Waals surface area contributed by atoms with Gasteiger partial charge in [-0.15, -0.1) is 0 Å². The first-order valence-electron chi connectivity index (χ1n) is 7.65. The Bertz CT molecular complexity index is 747. The first kappa shape index (κ1) is 17.7. The number of aromatic hydroxyl groups is 1. The molecular formula is C18H20N2O3S. The molecule has 0 aromatic heterocycles. The first-order chi connectivity index (χ1) is 11.5. The highest BCUT2D eigenvalue weighted by molar-refractivity contribution is 7.80. The molecule has 0 atom stereocenters. The second-order valence-electron chi connectivity index (χ2n) is 5.27. The second-order valence-corrected chi connectivity index (χ2v) is 5.68. The van der Waals surface area contributed by atoms with Crippen molar-refractivity contribution in [2.45, 2.75) is 20.3 Å². The van der Waals surface area contributed by atoms with Crippen molar-refractivity contribution in [2.75, 3.05) is 11.9 Å². The predicted molar refractivity (Wildman–Crippen MR) is 98.8 cm³/mol. The highest BCUT2D eigenvalue weighted by atomic mass is 32.1. The van der Waals surface area contributed by atoms with E-state index in [-0.39, 0.29) is 16.8 Å². The molecule has 5 nitrogen and oxygen atoms in total. The summed E-state index contributed by atoms with van der Waals surface area (Å²) in [6.07, 6.45) is 0.850. The Hall–Kier alpha value is -2.60. The molecule has 0 saturated heterocycles. The largest absolute Gasteiger partial charge is 0.506 e. The summed E-state index contributed by atoms with van der Waals surface area (Å²) >= 11 is 5.15. The maximum Gasteiger partial charge on any atom is 0.261 e. The number of thiocarbonyl (C=S) groups is 1. The zero-order valence-electron chi connectivity index (χ0n) is 13.6. The molecule has 0 spiro atoms. The van der Waals surface area contributed by atoms with E-state index in [1.165, 1.54) is 0 Å². The smallest absolute Gasteiger partial charge is 0.261 e. The van der Waals surface area contributed by atoms with Gasteiger partial charge in [-0.1, -0.05) is 25.1 Å². The number of benzene rings is 2. The van der Waals surface area contributed by atoms with Crippen molar-refractivity contribution >= 4 is 28.9 Å². The summed E-state index contributed by atoms with van der Waals surface area (Å²) in [5.74, 6) is 0.202. The molecule has 0 fully saturated rings. The van der Waals surface area contributed by atoms with Gasteiger partial charge < -0.3 is 15.2 Å². The fraction of sp³-hybridized carbons (Fsp3) is 0.222. The van der Waals surface area contributed by atoms with Gasteiger partial charge in [-0.25, -0.2) is 0 Å². The number of amides is 1. The molecule has 0 unspecified atom stereocenters. The number of anilines is 1. The highest BCUT2D eigenvalue weighted by Gasteiger charge is 2.14. The van der Waals surface area contributed by atoms with Crippen LogP contribution in [0.5, 0.6) is 11.5 Å². The van der Waals surface area contributed by atoms with Gasteiger partial charge in [-0.3, -0.25) is 10.1 Å². The Labute approximate surface area is 146 Å². The third kappa shape index (κ3) is 4.70. The van der Waals surface area contributed by atoms with Gasteiger partial charge in [0.05, 0.1) is 17.9 Å². The SMILES string of the molecule is CCCOc1ccccc1C(=O)NC(=S)Nc1cc(C)ccc1O. The Morgan fingerprint density at radius 2 is 2.00 bits per heavy atom. The van der Waals surface area contributed by atoms with Crippen molar-refractivity contribution in [1.29, 1.82) is 0 Å². The van der Waals surface area contributed by atoms with Crippen LogP contribution in [-0.4, -0.2) is 22.7 Å². The van der Waals surface area contributed by atoms with Crippen LogP contribution in [0.25, 0.3) is 0 Å². The molecule has 3 N–H and O–H groups in total. The number of hydrogen-bond acceptors (Lipinski definition) is 4. The van der Waals surface area contributed by atoms with E-state index in [1.807, 2.05) is 19.9 Å². The van der Waals surface area contributed by atoms with Crippen LogP contribution in [0, 0.1) is 6.92 Å². The first-order valence-corrected chi connectivity index (χ1v) is 8.06. The van der Waals surface area contributed by atoms with Crippen LogP contribution in [0.2, 0.25) is 0 Å². The second kappa shape index (κ2) is 8.31. The average molecular weight is 344 g/mol. The van der Waals surface area contributed by atoms with Gasteiger partial charge in [0.15, 0.2) is 5.11 Å². The minimum atomic E-state index is -0.369. The average Bonchev–Trinajstić information content (AvgIpc) is 2.56. The number of carbonyl (C=O) groups excluding carboxylic acids is 1. The number of carbonyl (C=O) groups is 1. The van der Waals surface area contributed by atoms with Gasteiger partial charge in [0.2, 0.25) is 0 Å². The fourth-order valence-electron chi connectivity index (χ4n) is 2.07. The van der Waals surface area contributed by atoms with E-state index in [1.54, 1.807) is 36.4 Å². The number of phenols is 1. The lowest BCUT2D eigenvalue weighted by Crippen LogP contribution is -2.34. The standard InChI is InChI=1S/C18H20N2O3S/c1-3-10-23-16-7-5-4-6-13(16)17(22)20-18(24)19-14-11-12(2)8-9-15(14)21/h4-9,11,21H,3,10H2,1-2H3,(H2,19,20,22,24). The van der Waals surface area contributed by atoms with Crippen molar-refractivity contribution < 1.29 is 14.6 Å². The van der Waals surface area contributed by atoms with Crippen LogP contribution in [0.1, 0.15) is 29.3 Å². The van der Waals surface area contributed by atoms with Crippen molar-refractivity contribution in [3.8, 4) is 11.5 Å². The van der Waals surface area contributed by atoms with E-state index >= 15 is 0 Å². The number of para-hydroxylation sites is 1. The van der Waals surface area contributed by atoms with E-state index in [0.717, 1.165) is 12.0 Å². The molecule has 24 heavy (non-hydrogen) atoms. The molecule has 2 rings (SSSR count). The molecule has 0 aliphatic rings. The maximum atomic E-state index is 12.4.